The zero-order chi connectivity index (χ0) is 24.3. The molecule has 33 heavy (non-hydrogen) atoms. The molecule has 4 aliphatic rings. The first-order valence-electron chi connectivity index (χ1n) is 13.7. The van der Waals surface area contributed by atoms with Crippen LogP contribution in [0.5, 0.6) is 0 Å². The van der Waals surface area contributed by atoms with Crippen LogP contribution in [0.3, 0.4) is 0 Å². The molecule has 5 heteroatoms. The third kappa shape index (κ3) is 3.98. The minimum absolute atomic E-state index is 0.0798. The van der Waals surface area contributed by atoms with Crippen molar-refractivity contribution in [1.29, 1.82) is 0 Å². The average molecular weight is 465 g/mol. The maximum absolute atomic E-state index is 12.4. The lowest BCUT2D eigenvalue weighted by Crippen LogP contribution is -2.66. The van der Waals surface area contributed by atoms with Crippen LogP contribution in [0.15, 0.2) is 0 Å². The molecule has 12 unspecified atom stereocenters. The van der Waals surface area contributed by atoms with E-state index in [2.05, 4.69) is 34.6 Å². The third-order valence-electron chi connectivity index (χ3n) is 11.4. The standard InChI is InChI=1S/C28H48O5/c1-15(2)7-6-8-16(3)18-9-10-19-23-21(14-22(30)28(18,19)5)27(4)12-11-17(29)13-20(27)24(25(23)31)26(32)33/h15-25,29-31H,6-14H2,1-5H3,(H,32,33). The number of hydrogen-bond acceptors (Lipinski definition) is 4. The number of hydrogen-bond donors (Lipinski definition) is 4. The predicted molar refractivity (Wildman–Crippen MR) is 128 cm³/mol. The van der Waals surface area contributed by atoms with E-state index < -0.39 is 30.2 Å². The second kappa shape index (κ2) is 9.09. The summed E-state index contributed by atoms with van der Waals surface area (Å²) in [6, 6.07) is 0. The maximum Gasteiger partial charge on any atom is 0.309 e. The van der Waals surface area contributed by atoms with Gasteiger partial charge in [0.2, 0.25) is 0 Å². The molecule has 4 N–H and O–H groups in total. The SMILES string of the molecule is CC(C)CCCC(C)C1CCC2C3C(O)C(C(=O)O)C4CC(O)CCC4(C)C3CC(O)C12C. The summed E-state index contributed by atoms with van der Waals surface area (Å²) < 4.78 is 0. The van der Waals surface area contributed by atoms with E-state index in [9.17, 15) is 25.2 Å². The minimum atomic E-state index is -0.921. The van der Waals surface area contributed by atoms with Gasteiger partial charge in [-0.3, -0.25) is 4.79 Å². The topological polar surface area (TPSA) is 98.0 Å². The third-order valence-corrected chi connectivity index (χ3v) is 11.4. The highest BCUT2D eigenvalue weighted by atomic mass is 16.4. The molecule has 0 aromatic rings. The predicted octanol–water partition coefficient (Wildman–Crippen LogP) is 4.72. The van der Waals surface area contributed by atoms with Gasteiger partial charge in [0.1, 0.15) is 0 Å². The summed E-state index contributed by atoms with van der Waals surface area (Å²) in [4.78, 5) is 12.4. The Morgan fingerprint density at radius 3 is 2.27 bits per heavy atom. The van der Waals surface area contributed by atoms with Gasteiger partial charge in [-0.2, -0.15) is 0 Å². The molecule has 4 rings (SSSR count). The number of aliphatic carboxylic acids is 1. The van der Waals surface area contributed by atoms with Gasteiger partial charge >= 0.3 is 5.97 Å². The van der Waals surface area contributed by atoms with Gasteiger partial charge in [0.25, 0.3) is 0 Å². The summed E-state index contributed by atoms with van der Waals surface area (Å²) in [6.07, 6.45) is 6.41. The van der Waals surface area contributed by atoms with Crippen molar-refractivity contribution in [2.75, 3.05) is 0 Å². The molecule has 12 atom stereocenters. The second-order valence-corrected chi connectivity index (χ2v) is 13.3. The number of aliphatic hydroxyl groups is 3. The lowest BCUT2D eigenvalue weighted by Gasteiger charge is -2.64. The van der Waals surface area contributed by atoms with Crippen LogP contribution in [0.1, 0.15) is 92.4 Å². The Kier molecular flexibility index (Phi) is 7.01. The smallest absolute Gasteiger partial charge is 0.309 e. The van der Waals surface area contributed by atoms with Gasteiger partial charge < -0.3 is 20.4 Å². The van der Waals surface area contributed by atoms with Crippen LogP contribution >= 0.6 is 0 Å². The highest BCUT2D eigenvalue weighted by Crippen LogP contribution is 2.69. The fraction of sp³-hybridized carbons (Fsp3) is 0.964. The molecule has 0 amide bonds. The van der Waals surface area contributed by atoms with Crippen LogP contribution < -0.4 is 0 Å². The van der Waals surface area contributed by atoms with E-state index in [1.165, 1.54) is 19.3 Å². The van der Waals surface area contributed by atoms with E-state index in [-0.39, 0.29) is 34.5 Å². The lowest BCUT2D eigenvalue weighted by atomic mass is 9.41. The first-order valence-corrected chi connectivity index (χ1v) is 13.7. The summed E-state index contributed by atoms with van der Waals surface area (Å²) in [5.74, 6) is -0.146. The van der Waals surface area contributed by atoms with Gasteiger partial charge in [-0.25, -0.2) is 0 Å². The summed E-state index contributed by atoms with van der Waals surface area (Å²) in [7, 11) is 0. The summed E-state index contributed by atoms with van der Waals surface area (Å²) in [5.41, 5.74) is -0.519. The highest BCUT2D eigenvalue weighted by Gasteiger charge is 2.68. The summed E-state index contributed by atoms with van der Waals surface area (Å²) in [5, 5.41) is 43.8. The molecule has 0 saturated heterocycles. The molecular formula is C28H48O5. The summed E-state index contributed by atoms with van der Waals surface area (Å²) >= 11 is 0. The number of carboxylic acids is 1. The van der Waals surface area contributed by atoms with Crippen molar-refractivity contribution < 1.29 is 25.2 Å². The first-order chi connectivity index (χ1) is 15.4. The van der Waals surface area contributed by atoms with Gasteiger partial charge in [0.15, 0.2) is 0 Å². The Bertz CT molecular complexity index is 723. The number of carboxylic acid groups (broad SMARTS) is 1. The lowest BCUT2D eigenvalue weighted by molar-refractivity contribution is -0.231. The van der Waals surface area contributed by atoms with Crippen molar-refractivity contribution in [3.8, 4) is 0 Å². The Morgan fingerprint density at radius 1 is 0.939 bits per heavy atom. The first kappa shape index (κ1) is 25.4. The van der Waals surface area contributed by atoms with Gasteiger partial charge in [0.05, 0.1) is 24.2 Å². The van der Waals surface area contributed by atoms with Gasteiger partial charge in [-0.15, -0.1) is 0 Å². The molecule has 0 bridgehead atoms. The van der Waals surface area contributed by atoms with Gasteiger partial charge in [-0.05, 0) is 90.8 Å². The van der Waals surface area contributed by atoms with Crippen LogP contribution in [0.2, 0.25) is 0 Å². The largest absolute Gasteiger partial charge is 0.481 e. The van der Waals surface area contributed by atoms with Crippen molar-refractivity contribution in [2.45, 2.75) is 111 Å². The quantitative estimate of drug-likeness (QED) is 0.456. The molecule has 4 fully saturated rings. The van der Waals surface area contributed by atoms with Crippen LogP contribution in [0.4, 0.5) is 0 Å². The van der Waals surface area contributed by atoms with E-state index in [1.807, 2.05) is 0 Å². The van der Waals surface area contributed by atoms with Crippen molar-refractivity contribution in [3.63, 3.8) is 0 Å². The molecule has 190 valence electrons. The molecule has 4 aliphatic carbocycles. The molecule has 4 saturated carbocycles. The van der Waals surface area contributed by atoms with E-state index >= 15 is 0 Å². The van der Waals surface area contributed by atoms with E-state index in [0.717, 1.165) is 19.3 Å². The zero-order valence-electron chi connectivity index (χ0n) is 21.4. The van der Waals surface area contributed by atoms with Gasteiger partial charge in [-0.1, -0.05) is 53.9 Å². The normalized spacial score (nSPS) is 50.4. The fourth-order valence-electron chi connectivity index (χ4n) is 9.58. The van der Waals surface area contributed by atoms with Crippen LogP contribution in [-0.4, -0.2) is 44.7 Å². The van der Waals surface area contributed by atoms with Crippen LogP contribution in [-0.2, 0) is 4.79 Å². The van der Waals surface area contributed by atoms with Crippen molar-refractivity contribution >= 4 is 5.97 Å². The van der Waals surface area contributed by atoms with Crippen molar-refractivity contribution in [2.24, 2.45) is 58.2 Å². The minimum Gasteiger partial charge on any atom is -0.481 e. The second-order valence-electron chi connectivity index (χ2n) is 13.3. The zero-order valence-corrected chi connectivity index (χ0v) is 21.4. The van der Waals surface area contributed by atoms with E-state index in [4.69, 9.17) is 0 Å². The Hall–Kier alpha value is -0.650. The average Bonchev–Trinajstić information content (AvgIpc) is 3.08. The van der Waals surface area contributed by atoms with Crippen LogP contribution in [0.25, 0.3) is 0 Å². The fourth-order valence-corrected chi connectivity index (χ4v) is 9.58. The molecule has 5 nitrogen and oxygen atoms in total. The van der Waals surface area contributed by atoms with Crippen molar-refractivity contribution in [1.82, 2.24) is 0 Å². The monoisotopic (exact) mass is 464 g/mol. The Labute approximate surface area is 200 Å². The number of aliphatic hydroxyl groups excluding tert-OH is 3. The van der Waals surface area contributed by atoms with Crippen LogP contribution in [0, 0.1) is 58.2 Å². The number of rotatable bonds is 6. The molecule has 0 heterocycles. The molecule has 0 aromatic carbocycles. The Balaban J connectivity index is 1.64. The molecule has 0 radical (unpaired) electrons. The van der Waals surface area contributed by atoms with E-state index in [1.54, 1.807) is 0 Å². The molecule has 0 aliphatic heterocycles. The molecule has 0 spiro atoms. The molecule has 0 aromatic heterocycles. The number of carbonyl (C=O) groups is 1. The summed E-state index contributed by atoms with van der Waals surface area (Å²) in [6.45, 7) is 11.3. The van der Waals surface area contributed by atoms with Crippen molar-refractivity contribution in [3.05, 3.63) is 0 Å². The van der Waals surface area contributed by atoms with Gasteiger partial charge in [0, 0.05) is 0 Å². The molecular weight excluding hydrogens is 416 g/mol. The van der Waals surface area contributed by atoms with E-state index in [0.29, 0.717) is 37.0 Å². The highest BCUT2D eigenvalue weighted by molar-refractivity contribution is 5.71. The maximum atomic E-state index is 12.4. The number of fused-ring (bicyclic) bond motifs is 5. The Morgan fingerprint density at radius 2 is 1.64 bits per heavy atom.